The van der Waals surface area contributed by atoms with Crippen LogP contribution in [0.3, 0.4) is 0 Å². The number of imidazole rings is 1. The van der Waals surface area contributed by atoms with Crippen LogP contribution < -0.4 is 10.2 Å². The molecule has 3 aromatic rings. The van der Waals surface area contributed by atoms with Crippen molar-refractivity contribution in [1.29, 1.82) is 0 Å². The third kappa shape index (κ3) is 2.42. The largest absolute Gasteiger partial charge is 0.354 e. The van der Waals surface area contributed by atoms with Gasteiger partial charge in [0.1, 0.15) is 5.65 Å². The standard InChI is InChI=1S/C15H18N4S/c1-16-9-13-15(17-14-5-3-4-7-19(13)14)18(2)10-12-6-8-20-11-12/h3-8,11,16H,9-10H2,1-2H3. The maximum Gasteiger partial charge on any atom is 0.152 e. The van der Waals surface area contributed by atoms with Gasteiger partial charge >= 0.3 is 0 Å². The molecule has 3 heterocycles. The number of hydrogen-bond donors (Lipinski definition) is 1. The summed E-state index contributed by atoms with van der Waals surface area (Å²) in [7, 11) is 4.06. The van der Waals surface area contributed by atoms with E-state index in [0.29, 0.717) is 0 Å². The van der Waals surface area contributed by atoms with Crippen molar-refractivity contribution in [3.63, 3.8) is 0 Å². The van der Waals surface area contributed by atoms with Gasteiger partial charge in [0.2, 0.25) is 0 Å². The van der Waals surface area contributed by atoms with Gasteiger partial charge in [0.15, 0.2) is 5.82 Å². The second-order valence-electron chi connectivity index (χ2n) is 4.83. The Kier molecular flexibility index (Phi) is 3.71. The maximum atomic E-state index is 4.76. The van der Waals surface area contributed by atoms with E-state index in [1.165, 1.54) is 11.3 Å². The van der Waals surface area contributed by atoms with Gasteiger partial charge in [-0.15, -0.1) is 0 Å². The Bertz CT molecular complexity index is 687. The predicted octanol–water partition coefficient (Wildman–Crippen LogP) is 2.75. The average Bonchev–Trinajstić information content (AvgIpc) is 3.07. The second-order valence-corrected chi connectivity index (χ2v) is 5.61. The van der Waals surface area contributed by atoms with Gasteiger partial charge < -0.3 is 14.6 Å². The molecule has 104 valence electrons. The van der Waals surface area contributed by atoms with Gasteiger partial charge in [0.25, 0.3) is 0 Å². The number of rotatable bonds is 5. The van der Waals surface area contributed by atoms with Gasteiger partial charge in [-0.2, -0.15) is 11.3 Å². The highest BCUT2D eigenvalue weighted by molar-refractivity contribution is 7.07. The summed E-state index contributed by atoms with van der Waals surface area (Å²) in [5.74, 6) is 1.04. The Morgan fingerprint density at radius 3 is 3.00 bits per heavy atom. The van der Waals surface area contributed by atoms with E-state index in [1.54, 1.807) is 11.3 Å². The predicted molar refractivity (Wildman–Crippen MR) is 84.4 cm³/mol. The molecule has 0 aliphatic heterocycles. The van der Waals surface area contributed by atoms with Gasteiger partial charge in [-0.3, -0.25) is 0 Å². The lowest BCUT2D eigenvalue weighted by Gasteiger charge is -2.17. The van der Waals surface area contributed by atoms with Gasteiger partial charge in [-0.1, -0.05) is 6.07 Å². The summed E-state index contributed by atoms with van der Waals surface area (Å²) in [6, 6.07) is 8.26. The minimum Gasteiger partial charge on any atom is -0.354 e. The third-order valence-corrected chi connectivity index (χ3v) is 4.05. The third-order valence-electron chi connectivity index (χ3n) is 3.31. The molecule has 0 amide bonds. The summed E-state index contributed by atoms with van der Waals surface area (Å²) >= 11 is 1.73. The molecule has 20 heavy (non-hydrogen) atoms. The van der Waals surface area contributed by atoms with Crippen molar-refractivity contribution in [3.8, 4) is 0 Å². The second kappa shape index (κ2) is 5.64. The van der Waals surface area contributed by atoms with Crippen LogP contribution in [0.1, 0.15) is 11.3 Å². The fourth-order valence-corrected chi connectivity index (χ4v) is 3.06. The lowest BCUT2D eigenvalue weighted by molar-refractivity contribution is 0.771. The fourth-order valence-electron chi connectivity index (χ4n) is 2.40. The van der Waals surface area contributed by atoms with E-state index < -0.39 is 0 Å². The molecule has 3 rings (SSSR count). The minimum absolute atomic E-state index is 0.800. The van der Waals surface area contributed by atoms with Crippen molar-refractivity contribution >= 4 is 22.8 Å². The van der Waals surface area contributed by atoms with Crippen LogP contribution in [-0.4, -0.2) is 23.5 Å². The molecule has 0 aliphatic rings. The molecule has 0 atom stereocenters. The van der Waals surface area contributed by atoms with Crippen molar-refractivity contribution < 1.29 is 0 Å². The summed E-state index contributed by atoms with van der Waals surface area (Å²) in [4.78, 5) is 6.97. The van der Waals surface area contributed by atoms with Crippen LogP contribution in [0.25, 0.3) is 5.65 Å². The first-order valence-corrected chi connectivity index (χ1v) is 7.56. The lowest BCUT2D eigenvalue weighted by Crippen LogP contribution is -2.20. The van der Waals surface area contributed by atoms with Crippen LogP contribution in [-0.2, 0) is 13.1 Å². The molecule has 0 fully saturated rings. The average molecular weight is 286 g/mol. The molecule has 5 heteroatoms. The molecule has 1 N–H and O–H groups in total. The van der Waals surface area contributed by atoms with E-state index in [-0.39, 0.29) is 0 Å². The Morgan fingerprint density at radius 1 is 1.35 bits per heavy atom. The molecule has 0 saturated carbocycles. The normalized spacial score (nSPS) is 11.1. The van der Waals surface area contributed by atoms with E-state index in [1.807, 2.05) is 25.2 Å². The number of aromatic nitrogens is 2. The summed E-state index contributed by atoms with van der Waals surface area (Å²) in [6.07, 6.45) is 2.07. The quantitative estimate of drug-likeness (QED) is 0.783. The Labute approximate surface area is 122 Å². The van der Waals surface area contributed by atoms with Gasteiger partial charge in [-0.05, 0) is 41.6 Å². The first kappa shape index (κ1) is 13.1. The highest BCUT2D eigenvalue weighted by atomic mass is 32.1. The molecule has 0 bridgehead atoms. The topological polar surface area (TPSA) is 32.6 Å². The lowest BCUT2D eigenvalue weighted by atomic mass is 10.3. The van der Waals surface area contributed by atoms with Gasteiger partial charge in [-0.25, -0.2) is 4.98 Å². The molecule has 0 radical (unpaired) electrons. The molecule has 0 saturated heterocycles. The monoisotopic (exact) mass is 286 g/mol. The summed E-state index contributed by atoms with van der Waals surface area (Å²) < 4.78 is 2.15. The molecule has 0 aromatic carbocycles. The summed E-state index contributed by atoms with van der Waals surface area (Å²) in [5.41, 5.74) is 3.51. The molecular weight excluding hydrogens is 268 g/mol. The van der Waals surface area contributed by atoms with Gasteiger partial charge in [0.05, 0.1) is 5.69 Å². The zero-order chi connectivity index (χ0) is 13.9. The minimum atomic E-state index is 0.800. The smallest absolute Gasteiger partial charge is 0.152 e. The number of pyridine rings is 1. The molecule has 4 nitrogen and oxygen atoms in total. The zero-order valence-corrected chi connectivity index (χ0v) is 12.5. The summed E-state index contributed by atoms with van der Waals surface area (Å²) in [5, 5.41) is 7.53. The van der Waals surface area contributed by atoms with Crippen molar-refractivity contribution in [1.82, 2.24) is 14.7 Å². The number of thiophene rings is 1. The summed E-state index contributed by atoms with van der Waals surface area (Å²) in [6.45, 7) is 1.68. The highest BCUT2D eigenvalue weighted by Gasteiger charge is 2.15. The van der Waals surface area contributed by atoms with Crippen LogP contribution in [0.15, 0.2) is 41.2 Å². The van der Waals surface area contributed by atoms with E-state index in [9.17, 15) is 0 Å². The number of fused-ring (bicyclic) bond motifs is 1. The Hall–Kier alpha value is -1.85. The molecule has 0 aliphatic carbocycles. The Balaban J connectivity index is 1.98. The van der Waals surface area contributed by atoms with E-state index in [4.69, 9.17) is 4.98 Å². The SMILES string of the molecule is CNCc1c(N(C)Cc2ccsc2)nc2ccccn12. The van der Waals surface area contributed by atoms with Crippen molar-refractivity contribution in [2.75, 3.05) is 19.0 Å². The maximum absolute atomic E-state index is 4.76. The highest BCUT2D eigenvalue weighted by Crippen LogP contribution is 2.22. The Morgan fingerprint density at radius 2 is 2.25 bits per heavy atom. The van der Waals surface area contributed by atoms with E-state index in [2.05, 4.69) is 44.7 Å². The molecule has 0 unspecified atom stereocenters. The van der Waals surface area contributed by atoms with Crippen LogP contribution in [0.5, 0.6) is 0 Å². The number of anilines is 1. The van der Waals surface area contributed by atoms with Crippen molar-refractivity contribution in [2.24, 2.45) is 0 Å². The van der Waals surface area contributed by atoms with E-state index >= 15 is 0 Å². The zero-order valence-electron chi connectivity index (χ0n) is 11.7. The van der Waals surface area contributed by atoms with Crippen LogP contribution in [0.2, 0.25) is 0 Å². The van der Waals surface area contributed by atoms with E-state index in [0.717, 1.165) is 24.6 Å². The first-order valence-electron chi connectivity index (χ1n) is 6.62. The van der Waals surface area contributed by atoms with Crippen LogP contribution in [0, 0.1) is 0 Å². The fraction of sp³-hybridized carbons (Fsp3) is 0.267. The number of nitrogens with zero attached hydrogens (tertiary/aromatic N) is 3. The van der Waals surface area contributed by atoms with Gasteiger partial charge in [0, 0.05) is 26.3 Å². The molecule has 3 aromatic heterocycles. The molecule has 0 spiro atoms. The van der Waals surface area contributed by atoms with Crippen LogP contribution >= 0.6 is 11.3 Å². The van der Waals surface area contributed by atoms with Crippen molar-refractivity contribution in [2.45, 2.75) is 13.1 Å². The van der Waals surface area contributed by atoms with Crippen LogP contribution in [0.4, 0.5) is 5.82 Å². The number of hydrogen-bond acceptors (Lipinski definition) is 4. The van der Waals surface area contributed by atoms with Crippen molar-refractivity contribution in [3.05, 3.63) is 52.5 Å². The number of nitrogens with one attached hydrogen (secondary N) is 1. The molecular formula is C15H18N4S. The first-order chi connectivity index (χ1) is 9.79.